The summed E-state index contributed by atoms with van der Waals surface area (Å²) in [4.78, 5) is 43.6. The average Bonchev–Trinajstić information content (AvgIpc) is 3.41. The molecule has 0 atom stereocenters. The molecule has 4 rings (SSSR count). The van der Waals surface area contributed by atoms with Crippen LogP contribution in [0.25, 0.3) is 11.3 Å². The highest BCUT2D eigenvalue weighted by atomic mass is 35.5. The SMILES string of the molecule is Cn1cc(-c2cnc(C(=O)Nc3ccc(C(=O)N4CCN(C=O)CC4)c(Cl)c3)n2C)c(C(F)(F)F)n1. The molecule has 1 fully saturated rings. The second-order valence-corrected chi connectivity index (χ2v) is 8.58. The van der Waals surface area contributed by atoms with Crippen LogP contribution >= 0.6 is 11.6 Å². The van der Waals surface area contributed by atoms with Crippen LogP contribution in [-0.4, -0.2) is 73.5 Å². The van der Waals surface area contributed by atoms with Crippen LogP contribution in [-0.2, 0) is 25.1 Å². The maximum Gasteiger partial charge on any atom is 0.435 e. The van der Waals surface area contributed by atoms with E-state index in [9.17, 15) is 27.6 Å². The molecule has 0 saturated carbocycles. The van der Waals surface area contributed by atoms with Crippen molar-refractivity contribution in [3.8, 4) is 11.3 Å². The van der Waals surface area contributed by atoms with Crippen molar-refractivity contribution in [1.82, 2.24) is 29.1 Å². The summed E-state index contributed by atoms with van der Waals surface area (Å²) < 4.78 is 42.4. The number of aromatic nitrogens is 4. The van der Waals surface area contributed by atoms with Crippen LogP contribution in [0.15, 0.2) is 30.6 Å². The summed E-state index contributed by atoms with van der Waals surface area (Å²) in [5, 5.41) is 6.19. The second-order valence-electron chi connectivity index (χ2n) is 8.17. The highest BCUT2D eigenvalue weighted by Crippen LogP contribution is 2.36. The Morgan fingerprint density at radius 2 is 1.83 bits per heavy atom. The fraction of sp³-hybridized carbons (Fsp3) is 0.318. The standard InChI is InChI=1S/C22H21ClF3N7O3/c1-30-11-15(18(29-30)22(24,25)26)17-10-27-19(31(17)2)20(35)28-13-3-4-14(16(23)9-13)21(36)33-7-5-32(12-34)6-8-33/h3-4,9-12H,5-8H2,1-2H3,(H,28,35). The lowest BCUT2D eigenvalue weighted by Gasteiger charge is -2.32. The van der Waals surface area contributed by atoms with Crippen molar-refractivity contribution in [3.63, 3.8) is 0 Å². The van der Waals surface area contributed by atoms with Crippen molar-refractivity contribution in [2.75, 3.05) is 31.5 Å². The van der Waals surface area contributed by atoms with Crippen LogP contribution < -0.4 is 5.32 Å². The topological polar surface area (TPSA) is 105 Å². The van der Waals surface area contributed by atoms with E-state index in [-0.39, 0.29) is 39.3 Å². The van der Waals surface area contributed by atoms with E-state index in [2.05, 4.69) is 15.4 Å². The monoisotopic (exact) mass is 523 g/mol. The molecule has 14 heteroatoms. The smallest absolute Gasteiger partial charge is 0.342 e. The summed E-state index contributed by atoms with van der Waals surface area (Å²) >= 11 is 6.30. The minimum Gasteiger partial charge on any atom is -0.342 e. The number of halogens is 4. The van der Waals surface area contributed by atoms with Gasteiger partial charge in [-0.05, 0) is 18.2 Å². The minimum atomic E-state index is -4.68. The Bertz CT molecular complexity index is 1330. The van der Waals surface area contributed by atoms with Gasteiger partial charge >= 0.3 is 6.18 Å². The van der Waals surface area contributed by atoms with Gasteiger partial charge in [-0.15, -0.1) is 0 Å². The first-order chi connectivity index (χ1) is 17.0. The molecule has 3 amide bonds. The molecule has 3 aromatic rings. The van der Waals surface area contributed by atoms with E-state index in [0.717, 1.165) is 11.1 Å². The van der Waals surface area contributed by atoms with Crippen LogP contribution in [0.2, 0.25) is 5.02 Å². The van der Waals surface area contributed by atoms with Gasteiger partial charge in [-0.3, -0.25) is 19.1 Å². The number of piperazine rings is 1. The van der Waals surface area contributed by atoms with E-state index in [1.165, 1.54) is 49.3 Å². The molecule has 10 nitrogen and oxygen atoms in total. The Labute approximate surface area is 208 Å². The van der Waals surface area contributed by atoms with Crippen LogP contribution in [0.5, 0.6) is 0 Å². The van der Waals surface area contributed by atoms with Gasteiger partial charge in [0.05, 0.1) is 28.0 Å². The molecule has 36 heavy (non-hydrogen) atoms. The predicted molar refractivity (Wildman–Crippen MR) is 123 cm³/mol. The molecule has 1 saturated heterocycles. The van der Waals surface area contributed by atoms with Crippen molar-refractivity contribution < 1.29 is 27.6 Å². The molecule has 1 aliphatic rings. The lowest BCUT2D eigenvalue weighted by molar-refractivity contribution is -0.141. The number of imidazole rings is 1. The third-order valence-corrected chi connectivity index (χ3v) is 6.09. The number of hydrogen-bond acceptors (Lipinski definition) is 5. The number of carbonyl (C=O) groups is 3. The van der Waals surface area contributed by atoms with Gasteiger partial charge in [-0.25, -0.2) is 4.98 Å². The number of aryl methyl sites for hydroxylation is 1. The van der Waals surface area contributed by atoms with Gasteiger partial charge in [0.15, 0.2) is 11.5 Å². The maximum absolute atomic E-state index is 13.4. The molecule has 3 heterocycles. The molecule has 0 bridgehead atoms. The summed E-state index contributed by atoms with van der Waals surface area (Å²) in [7, 11) is 2.79. The summed E-state index contributed by atoms with van der Waals surface area (Å²) in [5.41, 5.74) is -0.716. The summed E-state index contributed by atoms with van der Waals surface area (Å²) in [6, 6.07) is 4.37. The Morgan fingerprint density at radius 1 is 1.14 bits per heavy atom. The fourth-order valence-electron chi connectivity index (χ4n) is 3.91. The van der Waals surface area contributed by atoms with Gasteiger partial charge in [0.1, 0.15) is 0 Å². The number of nitrogens with one attached hydrogen (secondary N) is 1. The van der Waals surface area contributed by atoms with E-state index in [1.807, 2.05) is 0 Å². The van der Waals surface area contributed by atoms with Crippen LogP contribution in [0.1, 0.15) is 26.7 Å². The molecule has 190 valence electrons. The number of benzene rings is 1. The largest absolute Gasteiger partial charge is 0.435 e. The number of amides is 3. The van der Waals surface area contributed by atoms with Crippen molar-refractivity contribution in [2.24, 2.45) is 14.1 Å². The normalized spacial score (nSPS) is 14.2. The zero-order valence-corrected chi connectivity index (χ0v) is 20.0. The molecule has 1 aliphatic heterocycles. The first-order valence-corrected chi connectivity index (χ1v) is 11.1. The molecule has 0 unspecified atom stereocenters. The predicted octanol–water partition coefficient (Wildman–Crippen LogP) is 2.66. The molecule has 1 N–H and O–H groups in total. The van der Waals surface area contributed by atoms with Crippen molar-refractivity contribution >= 4 is 35.5 Å². The first kappa shape index (κ1) is 25.2. The van der Waals surface area contributed by atoms with E-state index < -0.39 is 17.8 Å². The van der Waals surface area contributed by atoms with E-state index in [4.69, 9.17) is 11.6 Å². The highest BCUT2D eigenvalue weighted by Gasteiger charge is 2.38. The number of nitrogens with zero attached hydrogens (tertiary/aromatic N) is 6. The van der Waals surface area contributed by atoms with Crippen molar-refractivity contribution in [2.45, 2.75) is 6.18 Å². The quantitative estimate of drug-likeness (QED) is 0.518. The number of alkyl halides is 3. The van der Waals surface area contributed by atoms with Crippen LogP contribution in [0, 0.1) is 0 Å². The molecular formula is C22H21ClF3N7O3. The molecule has 2 aromatic heterocycles. The second kappa shape index (κ2) is 9.64. The summed E-state index contributed by atoms with van der Waals surface area (Å²) in [6.07, 6.45) is -1.57. The van der Waals surface area contributed by atoms with Crippen LogP contribution in [0.3, 0.4) is 0 Å². The number of carbonyl (C=O) groups excluding carboxylic acids is 3. The third-order valence-electron chi connectivity index (χ3n) is 5.77. The van der Waals surface area contributed by atoms with Gasteiger partial charge < -0.3 is 19.7 Å². The van der Waals surface area contributed by atoms with Crippen molar-refractivity contribution in [1.29, 1.82) is 0 Å². The van der Waals surface area contributed by atoms with E-state index >= 15 is 0 Å². The zero-order chi connectivity index (χ0) is 26.2. The van der Waals surface area contributed by atoms with Gasteiger partial charge in [0.2, 0.25) is 6.41 Å². The highest BCUT2D eigenvalue weighted by molar-refractivity contribution is 6.34. The van der Waals surface area contributed by atoms with Gasteiger partial charge in [0, 0.05) is 52.2 Å². The lowest BCUT2D eigenvalue weighted by atomic mass is 10.1. The number of hydrogen-bond donors (Lipinski definition) is 1. The fourth-order valence-corrected chi connectivity index (χ4v) is 4.17. The molecule has 0 radical (unpaired) electrons. The third kappa shape index (κ3) is 4.91. The zero-order valence-electron chi connectivity index (χ0n) is 19.2. The van der Waals surface area contributed by atoms with E-state index in [0.29, 0.717) is 26.2 Å². The Balaban J connectivity index is 1.50. The minimum absolute atomic E-state index is 0.0641. The molecule has 1 aromatic carbocycles. The molecular weight excluding hydrogens is 503 g/mol. The van der Waals surface area contributed by atoms with Gasteiger partial charge in [0.25, 0.3) is 11.8 Å². The summed E-state index contributed by atoms with van der Waals surface area (Å²) in [6.45, 7) is 1.61. The Morgan fingerprint density at radius 3 is 2.44 bits per heavy atom. The van der Waals surface area contributed by atoms with Crippen molar-refractivity contribution in [3.05, 3.63) is 52.7 Å². The van der Waals surface area contributed by atoms with Crippen LogP contribution in [0.4, 0.5) is 18.9 Å². The Kier molecular flexibility index (Phi) is 6.76. The van der Waals surface area contributed by atoms with Gasteiger partial charge in [-0.2, -0.15) is 18.3 Å². The average molecular weight is 524 g/mol. The molecule has 0 aliphatic carbocycles. The van der Waals surface area contributed by atoms with Gasteiger partial charge in [-0.1, -0.05) is 11.6 Å². The number of anilines is 1. The summed E-state index contributed by atoms with van der Waals surface area (Å²) in [5.74, 6) is -1.11. The maximum atomic E-state index is 13.4. The lowest BCUT2D eigenvalue weighted by Crippen LogP contribution is -2.48. The first-order valence-electron chi connectivity index (χ1n) is 10.7. The Hall–Kier alpha value is -3.87. The molecule has 0 spiro atoms. The number of rotatable bonds is 5. The van der Waals surface area contributed by atoms with E-state index in [1.54, 1.807) is 9.80 Å².